The molecule has 0 spiro atoms. The quantitative estimate of drug-likeness (QED) is 0.642. The first-order valence-corrected chi connectivity index (χ1v) is 10.0. The number of halogens is 2. The fourth-order valence-electron chi connectivity index (χ4n) is 3.62. The summed E-state index contributed by atoms with van der Waals surface area (Å²) < 4.78 is 14.9. The Morgan fingerprint density at radius 2 is 1.93 bits per heavy atom. The number of hydrogen-bond donors (Lipinski definition) is 2. The molecule has 1 aliphatic rings. The Morgan fingerprint density at radius 3 is 2.60 bits per heavy atom. The normalized spacial score (nSPS) is 16.0. The number of nitrogens with zero attached hydrogens (tertiary/aromatic N) is 2. The maximum atomic E-state index is 13.3. The van der Waals surface area contributed by atoms with Gasteiger partial charge >= 0.3 is 0 Å². The molecular weight excluding hydrogens is 403 g/mol. The van der Waals surface area contributed by atoms with E-state index in [9.17, 15) is 9.18 Å². The van der Waals surface area contributed by atoms with Crippen molar-refractivity contribution in [1.82, 2.24) is 20.4 Å². The van der Waals surface area contributed by atoms with Crippen LogP contribution in [0.3, 0.4) is 0 Å². The number of hydrogen-bond acceptors (Lipinski definition) is 3. The van der Waals surface area contributed by atoms with Crippen LogP contribution < -0.4 is 10.6 Å². The van der Waals surface area contributed by atoms with Crippen LogP contribution in [0.25, 0.3) is 16.9 Å². The molecule has 5 nitrogen and oxygen atoms in total. The van der Waals surface area contributed by atoms with Gasteiger partial charge in [0.15, 0.2) is 0 Å². The van der Waals surface area contributed by atoms with E-state index in [2.05, 4.69) is 15.7 Å². The molecule has 2 aromatic carbocycles. The van der Waals surface area contributed by atoms with E-state index in [1.807, 2.05) is 31.2 Å². The molecule has 1 amide bonds. The van der Waals surface area contributed by atoms with E-state index in [0.717, 1.165) is 37.1 Å². The Balaban J connectivity index is 0.00000256. The zero-order chi connectivity index (χ0) is 20.2. The van der Waals surface area contributed by atoms with Crippen molar-refractivity contribution < 1.29 is 9.18 Å². The predicted molar refractivity (Wildman–Crippen MR) is 119 cm³/mol. The van der Waals surface area contributed by atoms with Gasteiger partial charge in [0.2, 0.25) is 0 Å². The van der Waals surface area contributed by atoms with Gasteiger partial charge in [0.25, 0.3) is 5.91 Å². The second-order valence-electron chi connectivity index (χ2n) is 7.60. The predicted octanol–water partition coefficient (Wildman–Crippen LogP) is 4.14. The number of aryl methyl sites for hydroxylation is 1. The molecule has 3 aromatic rings. The van der Waals surface area contributed by atoms with Crippen LogP contribution in [-0.2, 0) is 0 Å². The monoisotopic (exact) mass is 428 g/mol. The fraction of sp³-hybridized carbons (Fsp3) is 0.304. The number of nitrogens with one attached hydrogen (secondary N) is 2. The lowest BCUT2D eigenvalue weighted by Gasteiger charge is -2.22. The van der Waals surface area contributed by atoms with E-state index in [4.69, 9.17) is 0 Å². The third-order valence-corrected chi connectivity index (χ3v) is 5.33. The van der Waals surface area contributed by atoms with E-state index in [0.29, 0.717) is 29.4 Å². The zero-order valence-corrected chi connectivity index (χ0v) is 17.7. The molecule has 1 saturated heterocycles. The molecular formula is C23H26ClFN4O. The molecule has 1 aliphatic heterocycles. The lowest BCUT2D eigenvalue weighted by atomic mass is 9.99. The minimum Gasteiger partial charge on any atom is -0.352 e. The van der Waals surface area contributed by atoms with Gasteiger partial charge in [0.1, 0.15) is 11.5 Å². The largest absolute Gasteiger partial charge is 0.352 e. The van der Waals surface area contributed by atoms with Gasteiger partial charge in [-0.2, -0.15) is 5.10 Å². The number of carbonyl (C=O) groups is 1. The molecule has 0 bridgehead atoms. The number of carbonyl (C=O) groups excluding carboxylic acids is 1. The number of rotatable bonds is 5. The summed E-state index contributed by atoms with van der Waals surface area (Å²) in [6.45, 7) is 4.64. The average Bonchev–Trinajstić information content (AvgIpc) is 3.19. The summed E-state index contributed by atoms with van der Waals surface area (Å²) in [5.41, 5.74) is 3.86. The second kappa shape index (κ2) is 9.87. The highest BCUT2D eigenvalue weighted by molar-refractivity contribution is 6.00. The fourth-order valence-corrected chi connectivity index (χ4v) is 3.62. The van der Waals surface area contributed by atoms with Crippen LogP contribution in [0.5, 0.6) is 0 Å². The Kier molecular flexibility index (Phi) is 7.24. The molecule has 1 aromatic heterocycles. The lowest BCUT2D eigenvalue weighted by molar-refractivity contribution is 0.0945. The van der Waals surface area contributed by atoms with Gasteiger partial charge in [-0.25, -0.2) is 9.07 Å². The van der Waals surface area contributed by atoms with Crippen LogP contribution in [0, 0.1) is 18.7 Å². The van der Waals surface area contributed by atoms with Gasteiger partial charge < -0.3 is 10.6 Å². The third-order valence-electron chi connectivity index (χ3n) is 5.33. The molecule has 4 rings (SSSR count). The summed E-state index contributed by atoms with van der Waals surface area (Å²) in [5, 5.41) is 11.1. The van der Waals surface area contributed by atoms with Gasteiger partial charge in [-0.15, -0.1) is 12.4 Å². The van der Waals surface area contributed by atoms with Gasteiger partial charge in [0.05, 0.1) is 11.3 Å². The molecule has 30 heavy (non-hydrogen) atoms. The highest BCUT2D eigenvalue weighted by Gasteiger charge is 2.20. The van der Waals surface area contributed by atoms with Crippen molar-refractivity contribution in [2.75, 3.05) is 19.6 Å². The number of amides is 1. The van der Waals surface area contributed by atoms with E-state index in [-0.39, 0.29) is 24.1 Å². The van der Waals surface area contributed by atoms with Crippen molar-refractivity contribution in [2.45, 2.75) is 19.8 Å². The maximum absolute atomic E-state index is 13.3. The molecule has 0 saturated carbocycles. The van der Waals surface area contributed by atoms with Crippen LogP contribution in [0.1, 0.15) is 28.8 Å². The summed E-state index contributed by atoms with van der Waals surface area (Å²) in [4.78, 5) is 13.0. The van der Waals surface area contributed by atoms with Gasteiger partial charge in [-0.05, 0) is 63.0 Å². The summed E-state index contributed by atoms with van der Waals surface area (Å²) in [6, 6.07) is 14.0. The smallest absolute Gasteiger partial charge is 0.255 e. The van der Waals surface area contributed by atoms with Crippen molar-refractivity contribution >= 4 is 18.3 Å². The van der Waals surface area contributed by atoms with Crippen molar-refractivity contribution in [3.05, 3.63) is 71.7 Å². The number of piperidine rings is 1. The van der Waals surface area contributed by atoms with Crippen LogP contribution in [-0.4, -0.2) is 35.3 Å². The first-order valence-electron chi connectivity index (χ1n) is 10.0. The molecule has 1 unspecified atom stereocenters. The van der Waals surface area contributed by atoms with Crippen molar-refractivity contribution in [2.24, 2.45) is 5.92 Å². The van der Waals surface area contributed by atoms with E-state index in [1.165, 1.54) is 12.1 Å². The van der Waals surface area contributed by atoms with E-state index < -0.39 is 0 Å². The summed E-state index contributed by atoms with van der Waals surface area (Å²) in [7, 11) is 0. The minimum atomic E-state index is -0.307. The van der Waals surface area contributed by atoms with Gasteiger partial charge in [-0.3, -0.25) is 4.79 Å². The maximum Gasteiger partial charge on any atom is 0.255 e. The molecule has 2 N–H and O–H groups in total. The lowest BCUT2D eigenvalue weighted by Crippen LogP contribution is -2.38. The van der Waals surface area contributed by atoms with Gasteiger partial charge in [-0.1, -0.05) is 29.8 Å². The van der Waals surface area contributed by atoms with Crippen molar-refractivity contribution in [3.8, 4) is 16.9 Å². The first kappa shape index (κ1) is 22.0. The molecule has 1 atom stereocenters. The van der Waals surface area contributed by atoms with Crippen LogP contribution >= 0.6 is 12.4 Å². The Hall–Kier alpha value is -2.70. The van der Waals surface area contributed by atoms with Crippen LogP contribution in [0.2, 0.25) is 0 Å². The zero-order valence-electron chi connectivity index (χ0n) is 16.9. The first-order chi connectivity index (χ1) is 14.1. The highest BCUT2D eigenvalue weighted by Crippen LogP contribution is 2.24. The molecule has 0 radical (unpaired) electrons. The second-order valence-corrected chi connectivity index (χ2v) is 7.60. The van der Waals surface area contributed by atoms with Crippen LogP contribution in [0.15, 0.2) is 54.7 Å². The highest BCUT2D eigenvalue weighted by atomic mass is 35.5. The number of benzene rings is 2. The SMILES string of the molecule is Cc1ccc(-c2nn(-c3ccc(F)cc3)cc2C(=O)NCC2CCCNC2)cc1.Cl. The van der Waals surface area contributed by atoms with E-state index in [1.54, 1.807) is 23.0 Å². The molecule has 7 heteroatoms. The van der Waals surface area contributed by atoms with Crippen LogP contribution in [0.4, 0.5) is 4.39 Å². The molecule has 1 fully saturated rings. The van der Waals surface area contributed by atoms with Gasteiger partial charge in [0, 0.05) is 18.3 Å². The van der Waals surface area contributed by atoms with Crippen molar-refractivity contribution in [3.63, 3.8) is 0 Å². The summed E-state index contributed by atoms with van der Waals surface area (Å²) in [5.74, 6) is 0.000834. The number of aromatic nitrogens is 2. The van der Waals surface area contributed by atoms with E-state index >= 15 is 0 Å². The topological polar surface area (TPSA) is 59.0 Å². The summed E-state index contributed by atoms with van der Waals surface area (Å²) in [6.07, 6.45) is 3.97. The third kappa shape index (κ3) is 5.07. The average molecular weight is 429 g/mol. The Morgan fingerprint density at radius 1 is 1.20 bits per heavy atom. The van der Waals surface area contributed by atoms with Crippen molar-refractivity contribution in [1.29, 1.82) is 0 Å². The summed E-state index contributed by atoms with van der Waals surface area (Å²) >= 11 is 0. The molecule has 0 aliphatic carbocycles. The molecule has 2 heterocycles. The Labute approximate surface area is 182 Å². The standard InChI is InChI=1S/C23H25FN4O.ClH/c1-16-4-6-18(7-5-16)22-21(23(29)26-14-17-3-2-12-25-13-17)15-28(27-22)20-10-8-19(24)9-11-20;/h4-11,15,17,25H,2-3,12-14H2,1H3,(H,26,29);1H. The Bertz CT molecular complexity index is 979. The molecule has 158 valence electrons. The minimum absolute atomic E-state index is 0.